The summed E-state index contributed by atoms with van der Waals surface area (Å²) in [5, 5.41) is 9.11. The van der Waals surface area contributed by atoms with Gasteiger partial charge >= 0.3 is 0 Å². The lowest BCUT2D eigenvalue weighted by molar-refractivity contribution is 0.343. The first-order valence-electron chi connectivity index (χ1n) is 7.21. The van der Waals surface area contributed by atoms with E-state index in [1.54, 1.807) is 18.1 Å². The van der Waals surface area contributed by atoms with Crippen molar-refractivity contribution in [3.8, 4) is 11.4 Å². The molecular weight excluding hydrogens is 374 g/mol. The molecule has 23 heavy (non-hydrogen) atoms. The summed E-state index contributed by atoms with van der Waals surface area (Å²) in [6.07, 6.45) is 1.75. The van der Waals surface area contributed by atoms with E-state index < -0.39 is 0 Å². The predicted molar refractivity (Wildman–Crippen MR) is 96.5 cm³/mol. The topological polar surface area (TPSA) is 39.9 Å². The molecule has 0 unspecified atom stereocenters. The van der Waals surface area contributed by atoms with Crippen molar-refractivity contribution in [1.29, 1.82) is 0 Å². The van der Waals surface area contributed by atoms with Gasteiger partial charge in [-0.25, -0.2) is 0 Å². The number of hydrogen-bond donors (Lipinski definition) is 0. The van der Waals surface area contributed by atoms with E-state index in [1.165, 1.54) is 5.56 Å². The molecule has 0 fully saturated rings. The molecule has 3 aromatic rings. The molecule has 1 aromatic heterocycles. The Hall–Kier alpha value is -1.79. The standard InChI is InChI=1S/C17H16BrN3OS/c1-13-5-2-3-8-16(13)21-12-19-20-17(21)23-10-9-22-15-7-4-6-14(18)11-15/h2-8,11-12H,9-10H2,1H3. The highest BCUT2D eigenvalue weighted by molar-refractivity contribution is 9.10. The second kappa shape index (κ2) is 7.66. The largest absolute Gasteiger partial charge is 0.493 e. The first kappa shape index (κ1) is 16.1. The summed E-state index contributed by atoms with van der Waals surface area (Å²) in [5.74, 6) is 1.66. The van der Waals surface area contributed by atoms with Crippen LogP contribution in [0, 0.1) is 6.92 Å². The minimum atomic E-state index is 0.613. The number of halogens is 1. The quantitative estimate of drug-likeness (QED) is 0.459. The Morgan fingerprint density at radius 1 is 1.17 bits per heavy atom. The molecule has 0 bridgehead atoms. The normalized spacial score (nSPS) is 10.7. The number of para-hydroxylation sites is 1. The first-order valence-corrected chi connectivity index (χ1v) is 8.99. The molecule has 0 saturated carbocycles. The van der Waals surface area contributed by atoms with Crippen molar-refractivity contribution < 1.29 is 4.74 Å². The molecule has 118 valence electrons. The van der Waals surface area contributed by atoms with Crippen LogP contribution < -0.4 is 4.74 Å². The molecule has 6 heteroatoms. The number of aryl methyl sites for hydroxylation is 1. The first-order chi connectivity index (χ1) is 11.2. The van der Waals surface area contributed by atoms with Crippen LogP contribution in [-0.4, -0.2) is 27.1 Å². The fourth-order valence-electron chi connectivity index (χ4n) is 2.17. The van der Waals surface area contributed by atoms with Gasteiger partial charge in [-0.3, -0.25) is 4.57 Å². The fourth-order valence-corrected chi connectivity index (χ4v) is 3.29. The van der Waals surface area contributed by atoms with E-state index in [0.29, 0.717) is 6.61 Å². The molecule has 2 aromatic carbocycles. The van der Waals surface area contributed by atoms with Crippen LogP contribution in [0.15, 0.2) is 64.5 Å². The van der Waals surface area contributed by atoms with E-state index in [2.05, 4.69) is 45.2 Å². The third-order valence-corrected chi connectivity index (χ3v) is 4.67. The molecular formula is C17H16BrN3OS. The van der Waals surface area contributed by atoms with Crippen molar-refractivity contribution in [2.24, 2.45) is 0 Å². The van der Waals surface area contributed by atoms with Crippen molar-refractivity contribution in [3.05, 3.63) is 64.9 Å². The minimum Gasteiger partial charge on any atom is -0.493 e. The van der Waals surface area contributed by atoms with Gasteiger partial charge in [-0.15, -0.1) is 10.2 Å². The zero-order valence-electron chi connectivity index (χ0n) is 12.6. The van der Waals surface area contributed by atoms with Crippen LogP contribution in [0.2, 0.25) is 0 Å². The number of ether oxygens (including phenoxy) is 1. The average Bonchev–Trinajstić information content (AvgIpc) is 3.00. The number of thioether (sulfide) groups is 1. The van der Waals surface area contributed by atoms with Crippen LogP contribution in [0.4, 0.5) is 0 Å². The van der Waals surface area contributed by atoms with Crippen molar-refractivity contribution >= 4 is 27.7 Å². The fraction of sp³-hybridized carbons (Fsp3) is 0.176. The van der Waals surface area contributed by atoms with E-state index in [-0.39, 0.29) is 0 Å². The van der Waals surface area contributed by atoms with Crippen LogP contribution in [0.1, 0.15) is 5.56 Å². The third-order valence-electron chi connectivity index (χ3n) is 3.27. The molecule has 0 aliphatic heterocycles. The average molecular weight is 390 g/mol. The third kappa shape index (κ3) is 4.14. The van der Waals surface area contributed by atoms with Gasteiger partial charge in [0.15, 0.2) is 5.16 Å². The molecule has 0 saturated heterocycles. The van der Waals surface area contributed by atoms with Gasteiger partial charge in [-0.05, 0) is 36.8 Å². The molecule has 0 radical (unpaired) electrons. The van der Waals surface area contributed by atoms with E-state index in [4.69, 9.17) is 4.74 Å². The maximum Gasteiger partial charge on any atom is 0.195 e. The van der Waals surface area contributed by atoms with E-state index in [1.807, 2.05) is 41.0 Å². The van der Waals surface area contributed by atoms with Gasteiger partial charge in [0.25, 0.3) is 0 Å². The van der Waals surface area contributed by atoms with Gasteiger partial charge < -0.3 is 4.74 Å². The van der Waals surface area contributed by atoms with Gasteiger partial charge in [-0.2, -0.15) is 0 Å². The Balaban J connectivity index is 1.60. The molecule has 0 N–H and O–H groups in total. The van der Waals surface area contributed by atoms with Crippen molar-refractivity contribution in [1.82, 2.24) is 14.8 Å². The van der Waals surface area contributed by atoms with Gasteiger partial charge in [0.05, 0.1) is 12.3 Å². The van der Waals surface area contributed by atoms with Gasteiger partial charge in [0, 0.05) is 10.2 Å². The van der Waals surface area contributed by atoms with Crippen molar-refractivity contribution in [2.75, 3.05) is 12.4 Å². The monoisotopic (exact) mass is 389 g/mol. The van der Waals surface area contributed by atoms with Crippen molar-refractivity contribution in [2.45, 2.75) is 12.1 Å². The molecule has 4 nitrogen and oxygen atoms in total. The van der Waals surface area contributed by atoms with E-state index in [9.17, 15) is 0 Å². The van der Waals surface area contributed by atoms with Crippen LogP contribution in [0.25, 0.3) is 5.69 Å². The summed E-state index contributed by atoms with van der Waals surface area (Å²) in [4.78, 5) is 0. The Labute approximate surface area is 148 Å². The van der Waals surface area contributed by atoms with E-state index >= 15 is 0 Å². The van der Waals surface area contributed by atoms with Crippen LogP contribution in [-0.2, 0) is 0 Å². The lowest BCUT2D eigenvalue weighted by Crippen LogP contribution is -2.03. The number of nitrogens with zero attached hydrogens (tertiary/aromatic N) is 3. The van der Waals surface area contributed by atoms with Gasteiger partial charge in [0.1, 0.15) is 12.1 Å². The lowest BCUT2D eigenvalue weighted by atomic mass is 10.2. The molecule has 1 heterocycles. The lowest BCUT2D eigenvalue weighted by Gasteiger charge is -2.09. The minimum absolute atomic E-state index is 0.613. The maximum atomic E-state index is 5.75. The summed E-state index contributed by atoms with van der Waals surface area (Å²) in [5.41, 5.74) is 2.30. The highest BCUT2D eigenvalue weighted by atomic mass is 79.9. The summed E-state index contributed by atoms with van der Waals surface area (Å²) in [6.45, 7) is 2.70. The van der Waals surface area contributed by atoms with Crippen molar-refractivity contribution in [3.63, 3.8) is 0 Å². The number of rotatable bonds is 6. The molecule has 0 aliphatic carbocycles. The molecule has 0 amide bonds. The smallest absolute Gasteiger partial charge is 0.195 e. The zero-order chi connectivity index (χ0) is 16.1. The Morgan fingerprint density at radius 3 is 2.87 bits per heavy atom. The summed E-state index contributed by atoms with van der Waals surface area (Å²) < 4.78 is 8.77. The highest BCUT2D eigenvalue weighted by Crippen LogP contribution is 2.22. The van der Waals surface area contributed by atoms with Gasteiger partial charge in [-0.1, -0.05) is 52.0 Å². The van der Waals surface area contributed by atoms with Crippen LogP contribution in [0.3, 0.4) is 0 Å². The van der Waals surface area contributed by atoms with Gasteiger partial charge in [0.2, 0.25) is 0 Å². The number of aromatic nitrogens is 3. The Bertz CT molecular complexity index is 791. The SMILES string of the molecule is Cc1ccccc1-n1cnnc1SCCOc1cccc(Br)c1. The van der Waals surface area contributed by atoms with Crippen LogP contribution >= 0.6 is 27.7 Å². The predicted octanol–water partition coefficient (Wildman–Crippen LogP) is 4.51. The molecule has 0 aliphatic rings. The second-order valence-corrected chi connectivity index (χ2v) is 6.90. The number of benzene rings is 2. The molecule has 0 atom stereocenters. The molecule has 0 spiro atoms. The Morgan fingerprint density at radius 2 is 2.04 bits per heavy atom. The second-order valence-electron chi connectivity index (χ2n) is 4.92. The maximum absolute atomic E-state index is 5.75. The Kier molecular flexibility index (Phi) is 5.35. The highest BCUT2D eigenvalue weighted by Gasteiger charge is 2.08. The summed E-state index contributed by atoms with van der Waals surface area (Å²) >= 11 is 5.07. The summed E-state index contributed by atoms with van der Waals surface area (Å²) in [7, 11) is 0. The summed E-state index contributed by atoms with van der Waals surface area (Å²) in [6, 6.07) is 16.1. The van der Waals surface area contributed by atoms with E-state index in [0.717, 1.165) is 26.8 Å². The van der Waals surface area contributed by atoms with Crippen LogP contribution in [0.5, 0.6) is 5.75 Å². The number of hydrogen-bond acceptors (Lipinski definition) is 4. The zero-order valence-corrected chi connectivity index (χ0v) is 15.0. The molecule has 3 rings (SSSR count).